The van der Waals surface area contributed by atoms with Gasteiger partial charge in [-0.25, -0.2) is 9.18 Å². The van der Waals surface area contributed by atoms with E-state index in [4.69, 9.17) is 9.84 Å². The van der Waals surface area contributed by atoms with Gasteiger partial charge in [0.2, 0.25) is 0 Å². The number of anilines is 1. The summed E-state index contributed by atoms with van der Waals surface area (Å²) >= 11 is 0. The molecule has 19 heavy (non-hydrogen) atoms. The van der Waals surface area contributed by atoms with Crippen LogP contribution in [0.2, 0.25) is 0 Å². The largest absolute Gasteiger partial charge is 0.478 e. The highest BCUT2D eigenvalue weighted by molar-refractivity contribution is 6.03. The van der Waals surface area contributed by atoms with Gasteiger partial charge in [0.1, 0.15) is 11.4 Å². The molecule has 0 spiro atoms. The summed E-state index contributed by atoms with van der Waals surface area (Å²) < 4.78 is 18.2. The maximum atomic E-state index is 13.1. The zero-order chi connectivity index (χ0) is 14.6. The lowest BCUT2D eigenvalue weighted by Gasteiger charge is -2.25. The molecule has 0 aromatic heterocycles. The highest BCUT2D eigenvalue weighted by Gasteiger charge is 2.31. The van der Waals surface area contributed by atoms with Crippen molar-refractivity contribution in [1.82, 2.24) is 0 Å². The van der Waals surface area contributed by atoms with Gasteiger partial charge in [-0.1, -0.05) is 6.92 Å². The van der Waals surface area contributed by atoms with Gasteiger partial charge in [-0.15, -0.1) is 0 Å². The molecule has 0 radical (unpaired) electrons. The van der Waals surface area contributed by atoms with Crippen molar-refractivity contribution in [3.63, 3.8) is 0 Å². The first-order valence-corrected chi connectivity index (χ1v) is 5.73. The Labute approximate surface area is 110 Å². The maximum absolute atomic E-state index is 13.1. The number of halogens is 1. The summed E-state index contributed by atoms with van der Waals surface area (Å²) in [5, 5.41) is 11.4. The molecule has 0 aliphatic carbocycles. The SMILES string of the molecule is CCC(C)(OC)C(=O)Nc1cc(F)ccc1C(=O)O. The Morgan fingerprint density at radius 1 is 1.47 bits per heavy atom. The van der Waals surface area contributed by atoms with Crippen LogP contribution in [0.25, 0.3) is 0 Å². The first-order valence-electron chi connectivity index (χ1n) is 5.73. The van der Waals surface area contributed by atoms with Crippen LogP contribution in [-0.2, 0) is 9.53 Å². The summed E-state index contributed by atoms with van der Waals surface area (Å²) in [5.41, 5.74) is -1.36. The van der Waals surface area contributed by atoms with E-state index in [-0.39, 0.29) is 11.3 Å². The first-order chi connectivity index (χ1) is 8.84. The molecule has 0 heterocycles. The zero-order valence-corrected chi connectivity index (χ0v) is 11.0. The number of carboxylic acid groups (broad SMARTS) is 1. The molecule has 0 aliphatic heterocycles. The lowest BCUT2D eigenvalue weighted by molar-refractivity contribution is -0.136. The summed E-state index contributed by atoms with van der Waals surface area (Å²) in [5.74, 6) is -2.40. The van der Waals surface area contributed by atoms with Crippen molar-refractivity contribution in [3.05, 3.63) is 29.6 Å². The molecule has 0 saturated heterocycles. The molecule has 6 heteroatoms. The van der Waals surface area contributed by atoms with Gasteiger partial charge in [-0.2, -0.15) is 0 Å². The number of hydrogen-bond acceptors (Lipinski definition) is 3. The normalized spacial score (nSPS) is 13.7. The molecule has 1 aromatic rings. The van der Waals surface area contributed by atoms with Gasteiger partial charge in [0.05, 0.1) is 11.3 Å². The number of hydrogen-bond donors (Lipinski definition) is 2. The number of aromatic carboxylic acids is 1. The molecule has 104 valence electrons. The Balaban J connectivity index is 3.08. The molecule has 1 atom stereocenters. The van der Waals surface area contributed by atoms with Gasteiger partial charge in [-0.05, 0) is 31.5 Å². The van der Waals surface area contributed by atoms with Crippen molar-refractivity contribution >= 4 is 17.6 Å². The van der Waals surface area contributed by atoms with Gasteiger partial charge in [0.25, 0.3) is 5.91 Å². The molecule has 2 N–H and O–H groups in total. The van der Waals surface area contributed by atoms with Crippen LogP contribution in [0.1, 0.15) is 30.6 Å². The Kier molecular flexibility index (Phi) is 4.61. The Morgan fingerprint density at radius 3 is 2.58 bits per heavy atom. The molecule has 0 saturated carbocycles. The average molecular weight is 269 g/mol. The topological polar surface area (TPSA) is 75.6 Å². The number of rotatable bonds is 5. The number of carbonyl (C=O) groups excluding carboxylic acids is 1. The fourth-order valence-electron chi connectivity index (χ4n) is 1.46. The molecule has 0 fully saturated rings. The zero-order valence-electron chi connectivity index (χ0n) is 11.0. The number of carboxylic acids is 1. The van der Waals surface area contributed by atoms with Crippen molar-refractivity contribution in [2.24, 2.45) is 0 Å². The van der Waals surface area contributed by atoms with Crippen LogP contribution < -0.4 is 5.32 Å². The highest BCUT2D eigenvalue weighted by atomic mass is 19.1. The van der Waals surface area contributed by atoms with E-state index in [0.717, 1.165) is 18.2 Å². The van der Waals surface area contributed by atoms with Crippen molar-refractivity contribution in [3.8, 4) is 0 Å². The molecular formula is C13H16FNO4. The lowest BCUT2D eigenvalue weighted by atomic mass is 10.0. The molecule has 0 aliphatic rings. The van der Waals surface area contributed by atoms with Crippen LogP contribution in [0.3, 0.4) is 0 Å². The molecule has 5 nitrogen and oxygen atoms in total. The van der Waals surface area contributed by atoms with E-state index >= 15 is 0 Å². The monoisotopic (exact) mass is 269 g/mol. The number of amides is 1. The predicted octanol–water partition coefficient (Wildman–Crippen LogP) is 2.28. The van der Waals surface area contributed by atoms with Gasteiger partial charge >= 0.3 is 5.97 Å². The first kappa shape index (κ1) is 15.1. The number of ether oxygens (including phenoxy) is 1. The smallest absolute Gasteiger partial charge is 0.337 e. The van der Waals surface area contributed by atoms with Crippen LogP contribution in [0, 0.1) is 5.82 Å². The summed E-state index contributed by atoms with van der Waals surface area (Å²) in [4.78, 5) is 23.0. The molecule has 1 rings (SSSR count). The van der Waals surface area contributed by atoms with E-state index in [0.29, 0.717) is 6.42 Å². The molecular weight excluding hydrogens is 253 g/mol. The van der Waals surface area contributed by atoms with E-state index in [1.165, 1.54) is 7.11 Å². The van der Waals surface area contributed by atoms with Gasteiger partial charge in [-0.3, -0.25) is 4.79 Å². The third-order valence-electron chi connectivity index (χ3n) is 3.07. The van der Waals surface area contributed by atoms with E-state index in [2.05, 4.69) is 5.32 Å². The quantitative estimate of drug-likeness (QED) is 0.859. The van der Waals surface area contributed by atoms with Crippen molar-refractivity contribution in [2.45, 2.75) is 25.9 Å². The third kappa shape index (κ3) is 3.29. The van der Waals surface area contributed by atoms with Crippen LogP contribution in [0.5, 0.6) is 0 Å². The minimum Gasteiger partial charge on any atom is -0.478 e. The van der Waals surface area contributed by atoms with Crippen LogP contribution in [0.4, 0.5) is 10.1 Å². The third-order valence-corrected chi connectivity index (χ3v) is 3.07. The fourth-order valence-corrected chi connectivity index (χ4v) is 1.46. The number of nitrogens with one attached hydrogen (secondary N) is 1. The van der Waals surface area contributed by atoms with Crippen LogP contribution in [0.15, 0.2) is 18.2 Å². The van der Waals surface area contributed by atoms with E-state index in [1.807, 2.05) is 0 Å². The van der Waals surface area contributed by atoms with E-state index in [1.54, 1.807) is 13.8 Å². The van der Waals surface area contributed by atoms with E-state index in [9.17, 15) is 14.0 Å². The van der Waals surface area contributed by atoms with Crippen molar-refractivity contribution in [1.29, 1.82) is 0 Å². The highest BCUT2D eigenvalue weighted by Crippen LogP contribution is 2.21. The minimum absolute atomic E-state index is 0.0887. The van der Waals surface area contributed by atoms with Crippen molar-refractivity contribution in [2.75, 3.05) is 12.4 Å². The second-order valence-electron chi connectivity index (χ2n) is 4.24. The Morgan fingerprint density at radius 2 is 2.11 bits per heavy atom. The van der Waals surface area contributed by atoms with Gasteiger partial charge in [0.15, 0.2) is 0 Å². The molecule has 1 amide bonds. The Hall–Kier alpha value is -1.95. The predicted molar refractivity (Wildman–Crippen MR) is 67.7 cm³/mol. The van der Waals surface area contributed by atoms with Gasteiger partial charge < -0.3 is 15.2 Å². The van der Waals surface area contributed by atoms with Crippen LogP contribution in [-0.4, -0.2) is 29.7 Å². The van der Waals surface area contributed by atoms with Crippen LogP contribution >= 0.6 is 0 Å². The van der Waals surface area contributed by atoms with Gasteiger partial charge in [0, 0.05) is 7.11 Å². The number of benzene rings is 1. The maximum Gasteiger partial charge on any atom is 0.337 e. The molecule has 1 unspecified atom stereocenters. The fraction of sp³-hybridized carbons (Fsp3) is 0.385. The molecule has 0 bridgehead atoms. The van der Waals surface area contributed by atoms with Crippen molar-refractivity contribution < 1.29 is 23.8 Å². The summed E-state index contributed by atoms with van der Waals surface area (Å²) in [6.45, 7) is 3.33. The van der Waals surface area contributed by atoms with E-state index < -0.39 is 23.3 Å². The summed E-state index contributed by atoms with van der Waals surface area (Å²) in [6, 6.07) is 3.09. The lowest BCUT2D eigenvalue weighted by Crippen LogP contribution is -2.41. The summed E-state index contributed by atoms with van der Waals surface area (Å²) in [7, 11) is 1.38. The minimum atomic E-state index is -1.24. The number of carbonyl (C=O) groups is 2. The average Bonchev–Trinajstić information content (AvgIpc) is 2.37. The summed E-state index contributed by atoms with van der Waals surface area (Å²) in [6.07, 6.45) is 0.396. The Bertz CT molecular complexity index is 497. The second-order valence-corrected chi connectivity index (χ2v) is 4.24. The standard InChI is InChI=1S/C13H16FNO4/c1-4-13(2,19-3)12(18)15-10-7-8(14)5-6-9(10)11(16)17/h5-7H,4H2,1-3H3,(H,15,18)(H,16,17). The number of methoxy groups -OCH3 is 1. The second kappa shape index (κ2) is 5.79. The molecule has 1 aromatic carbocycles.